The number of benzene rings is 3. The highest BCUT2D eigenvalue weighted by molar-refractivity contribution is 9.10. The fourth-order valence-electron chi connectivity index (χ4n) is 3.43. The molecule has 1 aromatic heterocycles. The molecule has 176 valence electrons. The number of carbonyl (C=O) groups excluding carboxylic acids is 1. The Morgan fingerprint density at radius 2 is 1.82 bits per heavy atom. The number of rotatable bonds is 6. The highest BCUT2D eigenvalue weighted by atomic mass is 79.9. The number of primary sulfonamides is 1. The van der Waals surface area contributed by atoms with Crippen molar-refractivity contribution in [3.63, 3.8) is 0 Å². The topological polar surface area (TPSA) is 120 Å². The van der Waals surface area contributed by atoms with Gasteiger partial charge in [0.05, 0.1) is 22.0 Å². The Kier molecular flexibility index (Phi) is 7.15. The Bertz CT molecular complexity index is 1540. The van der Waals surface area contributed by atoms with Crippen LogP contribution in [0.2, 0.25) is 0 Å². The minimum atomic E-state index is -3.84. The van der Waals surface area contributed by atoms with Gasteiger partial charge in [0, 0.05) is 9.86 Å². The summed E-state index contributed by atoms with van der Waals surface area (Å²) >= 11 is 7.99. The maximum Gasteiger partial charge on any atom is 0.238 e. The van der Waals surface area contributed by atoms with Crippen LogP contribution in [0.3, 0.4) is 0 Å². The Balaban J connectivity index is 1.57. The number of amides is 1. The SMILES string of the molecule is Cc1ccc2c(C)ccc(-n3c(Br)nnc3SCC(=O)Nc3ccc(S(N)(=O)=O)cc3Br)c2c1. The van der Waals surface area contributed by atoms with Crippen LogP contribution in [0, 0.1) is 13.8 Å². The van der Waals surface area contributed by atoms with Gasteiger partial charge in [-0.2, -0.15) is 0 Å². The van der Waals surface area contributed by atoms with Crippen molar-refractivity contribution >= 4 is 76.0 Å². The van der Waals surface area contributed by atoms with E-state index in [2.05, 4.69) is 72.5 Å². The number of sulfonamides is 1. The number of anilines is 1. The van der Waals surface area contributed by atoms with E-state index in [4.69, 9.17) is 5.14 Å². The molecule has 0 aliphatic heterocycles. The maximum atomic E-state index is 12.6. The second-order valence-electron chi connectivity index (χ2n) is 7.56. The number of fused-ring (bicyclic) bond motifs is 1. The zero-order chi connectivity index (χ0) is 24.6. The van der Waals surface area contributed by atoms with E-state index in [-0.39, 0.29) is 16.6 Å². The Hall–Kier alpha value is -2.25. The molecule has 0 saturated heterocycles. The standard InChI is InChI=1S/C22H19Br2N5O3S2/c1-12-3-6-15-13(2)4-8-19(16(15)9-12)29-21(24)27-28-22(29)33-11-20(30)26-18-7-5-14(10-17(18)23)34(25,31)32/h3-10H,11H2,1-2H3,(H,26,30)(H2,25,31,32). The molecule has 0 radical (unpaired) electrons. The number of aromatic nitrogens is 3. The first-order valence-electron chi connectivity index (χ1n) is 9.91. The van der Waals surface area contributed by atoms with Crippen molar-refractivity contribution in [1.29, 1.82) is 0 Å². The maximum absolute atomic E-state index is 12.6. The van der Waals surface area contributed by atoms with Crippen molar-refractivity contribution < 1.29 is 13.2 Å². The molecule has 3 N–H and O–H groups in total. The molecule has 0 aliphatic rings. The van der Waals surface area contributed by atoms with Crippen molar-refractivity contribution in [1.82, 2.24) is 14.8 Å². The summed E-state index contributed by atoms with van der Waals surface area (Å²) in [4.78, 5) is 12.6. The average molecular weight is 625 g/mol. The number of carbonyl (C=O) groups is 1. The monoisotopic (exact) mass is 623 g/mol. The third kappa shape index (κ3) is 5.20. The van der Waals surface area contributed by atoms with Crippen LogP contribution < -0.4 is 10.5 Å². The van der Waals surface area contributed by atoms with Gasteiger partial charge < -0.3 is 5.32 Å². The van der Waals surface area contributed by atoms with Crippen LogP contribution >= 0.6 is 43.6 Å². The van der Waals surface area contributed by atoms with E-state index < -0.39 is 10.0 Å². The van der Waals surface area contributed by atoms with Crippen LogP contribution in [0.1, 0.15) is 11.1 Å². The van der Waals surface area contributed by atoms with E-state index in [0.29, 0.717) is 20.1 Å². The molecule has 1 amide bonds. The number of aryl methyl sites for hydroxylation is 2. The van der Waals surface area contributed by atoms with Gasteiger partial charge in [0.25, 0.3) is 0 Å². The van der Waals surface area contributed by atoms with Crippen molar-refractivity contribution in [2.75, 3.05) is 11.1 Å². The first-order valence-corrected chi connectivity index (χ1v) is 14.0. The predicted octanol–water partition coefficient (Wildman–Crippen LogP) is 4.94. The number of hydrogen-bond acceptors (Lipinski definition) is 6. The molecule has 34 heavy (non-hydrogen) atoms. The predicted molar refractivity (Wildman–Crippen MR) is 141 cm³/mol. The fraction of sp³-hybridized carbons (Fsp3) is 0.136. The smallest absolute Gasteiger partial charge is 0.238 e. The Labute approximate surface area is 217 Å². The van der Waals surface area contributed by atoms with Crippen LogP contribution in [0.4, 0.5) is 5.69 Å². The van der Waals surface area contributed by atoms with Crippen LogP contribution in [-0.4, -0.2) is 34.8 Å². The molecule has 0 spiro atoms. The van der Waals surface area contributed by atoms with E-state index in [9.17, 15) is 13.2 Å². The Morgan fingerprint density at radius 3 is 2.53 bits per heavy atom. The van der Waals surface area contributed by atoms with Gasteiger partial charge in [-0.05, 0) is 87.0 Å². The summed E-state index contributed by atoms with van der Waals surface area (Å²) in [5.74, 6) is -0.221. The van der Waals surface area contributed by atoms with Crippen LogP contribution in [0.5, 0.6) is 0 Å². The average Bonchev–Trinajstić information content (AvgIpc) is 3.13. The fourth-order valence-corrected chi connectivity index (χ4v) is 5.90. The first-order chi connectivity index (χ1) is 16.0. The second-order valence-corrected chi connectivity index (χ2v) is 11.6. The van der Waals surface area contributed by atoms with E-state index in [0.717, 1.165) is 27.6 Å². The zero-order valence-electron chi connectivity index (χ0n) is 18.0. The third-order valence-corrected chi connectivity index (χ3v) is 8.09. The van der Waals surface area contributed by atoms with Crippen molar-refractivity contribution in [2.24, 2.45) is 5.14 Å². The highest BCUT2D eigenvalue weighted by Crippen LogP contribution is 2.32. The first kappa shape index (κ1) is 24.9. The molecular weight excluding hydrogens is 606 g/mol. The van der Waals surface area contributed by atoms with Crippen molar-refractivity contribution in [3.8, 4) is 5.69 Å². The largest absolute Gasteiger partial charge is 0.324 e. The Morgan fingerprint density at radius 1 is 1.06 bits per heavy atom. The molecule has 0 saturated carbocycles. The number of thioether (sulfide) groups is 1. The minimum absolute atomic E-state index is 0.0507. The van der Waals surface area contributed by atoms with Gasteiger partial charge in [0.1, 0.15) is 0 Å². The number of nitrogens with one attached hydrogen (secondary N) is 1. The summed E-state index contributed by atoms with van der Waals surface area (Å²) < 4.78 is 25.8. The lowest BCUT2D eigenvalue weighted by atomic mass is 10.0. The lowest BCUT2D eigenvalue weighted by Gasteiger charge is -2.13. The van der Waals surface area contributed by atoms with Gasteiger partial charge in [0.15, 0.2) is 5.16 Å². The van der Waals surface area contributed by atoms with E-state index >= 15 is 0 Å². The van der Waals surface area contributed by atoms with Crippen LogP contribution in [0.15, 0.2) is 67.8 Å². The van der Waals surface area contributed by atoms with Gasteiger partial charge in [-0.1, -0.05) is 35.5 Å². The molecule has 0 atom stereocenters. The molecule has 0 bridgehead atoms. The summed E-state index contributed by atoms with van der Waals surface area (Å²) in [5.41, 5.74) is 3.64. The van der Waals surface area contributed by atoms with Gasteiger partial charge >= 0.3 is 0 Å². The number of nitrogens with two attached hydrogens (primary N) is 1. The number of hydrogen-bond donors (Lipinski definition) is 2. The highest BCUT2D eigenvalue weighted by Gasteiger charge is 2.18. The lowest BCUT2D eigenvalue weighted by Crippen LogP contribution is -2.16. The van der Waals surface area contributed by atoms with E-state index in [1.165, 1.54) is 30.0 Å². The second kappa shape index (κ2) is 9.78. The summed E-state index contributed by atoms with van der Waals surface area (Å²) in [5, 5.41) is 19.0. The van der Waals surface area contributed by atoms with Gasteiger partial charge in [-0.3, -0.25) is 9.36 Å². The lowest BCUT2D eigenvalue weighted by molar-refractivity contribution is -0.113. The summed E-state index contributed by atoms with van der Waals surface area (Å²) in [6.45, 7) is 4.11. The molecule has 8 nitrogen and oxygen atoms in total. The molecule has 0 aliphatic carbocycles. The van der Waals surface area contributed by atoms with Crippen molar-refractivity contribution in [3.05, 3.63) is 68.9 Å². The number of nitrogens with zero attached hydrogens (tertiary/aromatic N) is 3. The normalized spacial score (nSPS) is 11.7. The third-order valence-electron chi connectivity index (χ3n) is 5.08. The van der Waals surface area contributed by atoms with Crippen LogP contribution in [0.25, 0.3) is 16.5 Å². The summed E-state index contributed by atoms with van der Waals surface area (Å²) in [7, 11) is -3.84. The van der Waals surface area contributed by atoms with Crippen molar-refractivity contribution in [2.45, 2.75) is 23.9 Å². The van der Waals surface area contributed by atoms with Gasteiger partial charge in [-0.25, -0.2) is 13.6 Å². The molecule has 3 aromatic carbocycles. The van der Waals surface area contributed by atoms with E-state index in [1.807, 2.05) is 23.6 Å². The summed E-state index contributed by atoms with van der Waals surface area (Å²) in [6, 6.07) is 14.5. The van der Waals surface area contributed by atoms with Gasteiger partial charge in [0.2, 0.25) is 20.7 Å². The molecule has 4 rings (SSSR count). The molecule has 0 fully saturated rings. The quantitative estimate of drug-likeness (QED) is 0.293. The molecule has 0 unspecified atom stereocenters. The van der Waals surface area contributed by atoms with Crippen LogP contribution in [-0.2, 0) is 14.8 Å². The molecule has 4 aromatic rings. The van der Waals surface area contributed by atoms with Gasteiger partial charge in [-0.15, -0.1) is 10.2 Å². The molecule has 12 heteroatoms. The summed E-state index contributed by atoms with van der Waals surface area (Å²) in [6.07, 6.45) is 0. The molecule has 1 heterocycles. The minimum Gasteiger partial charge on any atom is -0.324 e. The zero-order valence-corrected chi connectivity index (χ0v) is 22.8. The molecular formula is C22H19Br2N5O3S2. The number of halogens is 2. The van der Waals surface area contributed by atoms with E-state index in [1.54, 1.807) is 0 Å².